The number of ether oxygens (including phenoxy) is 1. The number of amides is 4. The number of anilines is 1. The number of carboxylic acid groups (broad SMARTS) is 1. The van der Waals surface area contributed by atoms with Crippen molar-refractivity contribution >= 4 is 24.0 Å². The van der Waals surface area contributed by atoms with Crippen LogP contribution in [0.4, 0.5) is 33.4 Å². The van der Waals surface area contributed by atoms with Crippen LogP contribution in [0.5, 0.6) is 0 Å². The van der Waals surface area contributed by atoms with Crippen LogP contribution in [0.15, 0.2) is 12.1 Å². The van der Waals surface area contributed by atoms with Crippen LogP contribution in [0, 0.1) is 6.92 Å². The molecule has 1 aliphatic heterocycles. The van der Waals surface area contributed by atoms with Gasteiger partial charge in [0.2, 0.25) is 0 Å². The number of piperazine rings is 1. The number of aryl methyl sites for hydroxylation is 1. The van der Waals surface area contributed by atoms with E-state index in [9.17, 15) is 32.7 Å². The highest BCUT2D eigenvalue weighted by Crippen LogP contribution is 2.31. The number of urea groups is 1. The zero-order chi connectivity index (χ0) is 25.1. The molecule has 1 unspecified atom stereocenters. The van der Waals surface area contributed by atoms with Crippen molar-refractivity contribution in [1.82, 2.24) is 20.2 Å². The average Bonchev–Trinajstić information content (AvgIpc) is 2.69. The Labute approximate surface area is 187 Å². The van der Waals surface area contributed by atoms with Gasteiger partial charge in [0.1, 0.15) is 11.3 Å². The summed E-state index contributed by atoms with van der Waals surface area (Å²) in [6.07, 6.45) is -7.20. The molecule has 1 aromatic heterocycles. The van der Waals surface area contributed by atoms with Gasteiger partial charge >= 0.3 is 24.4 Å². The number of pyridine rings is 1. The molecule has 0 spiro atoms. The number of nitrogens with zero attached hydrogens (tertiary/aromatic N) is 4. The van der Waals surface area contributed by atoms with E-state index in [1.165, 1.54) is 6.92 Å². The molecule has 1 aliphatic rings. The lowest BCUT2D eigenvalue weighted by atomic mass is 10.2. The van der Waals surface area contributed by atoms with Gasteiger partial charge in [-0.1, -0.05) is 6.07 Å². The Bertz CT molecular complexity index is 905. The Morgan fingerprint density at radius 1 is 1.24 bits per heavy atom. The molecule has 0 aliphatic carbocycles. The maximum absolute atomic E-state index is 13.4. The van der Waals surface area contributed by atoms with E-state index in [1.54, 1.807) is 20.8 Å². The summed E-state index contributed by atoms with van der Waals surface area (Å²) in [5.74, 6) is -0.541. The highest BCUT2D eigenvalue weighted by Gasteiger charge is 2.39. The van der Waals surface area contributed by atoms with Crippen LogP contribution in [-0.2, 0) is 10.9 Å². The van der Waals surface area contributed by atoms with E-state index in [2.05, 4.69) is 10.4 Å². The van der Waals surface area contributed by atoms with Crippen molar-refractivity contribution in [3.8, 4) is 0 Å². The Balaban J connectivity index is 2.44. The molecule has 14 heteroatoms. The number of hydrogen-bond acceptors (Lipinski definition) is 6. The third-order valence-corrected chi connectivity index (χ3v) is 4.58. The first-order chi connectivity index (χ1) is 15.1. The Morgan fingerprint density at radius 3 is 2.39 bits per heavy atom. The van der Waals surface area contributed by atoms with Gasteiger partial charge in [-0.3, -0.25) is 0 Å². The summed E-state index contributed by atoms with van der Waals surface area (Å²) in [5.41, 5.74) is -0.318. The van der Waals surface area contributed by atoms with Crippen LogP contribution < -0.4 is 10.4 Å². The summed E-state index contributed by atoms with van der Waals surface area (Å²) in [6.45, 7) is 4.72. The van der Waals surface area contributed by atoms with Gasteiger partial charge in [0.15, 0.2) is 5.82 Å². The molecule has 2 heterocycles. The van der Waals surface area contributed by atoms with Crippen LogP contribution in [0.2, 0.25) is 0 Å². The first kappa shape index (κ1) is 26.0. The number of aromatic nitrogens is 1. The summed E-state index contributed by atoms with van der Waals surface area (Å²) >= 11 is 0. The first-order valence-corrected chi connectivity index (χ1v) is 9.88. The maximum Gasteiger partial charge on any atom is 0.433 e. The van der Waals surface area contributed by atoms with Gasteiger partial charge in [0.25, 0.3) is 0 Å². The minimum atomic E-state index is -4.82. The molecule has 0 radical (unpaired) electrons. The normalized spacial score (nSPS) is 16.9. The molecule has 0 saturated carbocycles. The highest BCUT2D eigenvalue weighted by molar-refractivity contribution is 5.93. The molecule has 33 heavy (non-hydrogen) atoms. The zero-order valence-electron chi connectivity index (χ0n) is 18.5. The standard InChI is InChI=1S/C19H26F3N5O6/c1-11-5-6-13(23-14(11)19(20,21)22)27(24-15(29)33-18(2,3)4)16(30)26-8-7-25(17(31)32)9-12(26)10-28/h5-6,12,28H,7-10H2,1-4H3,(H,24,29)(H,31,32). The SMILES string of the molecule is Cc1ccc(N(NC(=O)OC(C)(C)C)C(=O)N2CCN(C(=O)O)CC2CO)nc1C(F)(F)F. The molecule has 0 bridgehead atoms. The predicted octanol–water partition coefficient (Wildman–Crippen LogP) is 2.43. The minimum Gasteiger partial charge on any atom is -0.465 e. The topological polar surface area (TPSA) is 136 Å². The molecule has 4 amide bonds. The molecular formula is C19H26F3N5O6. The fourth-order valence-electron chi connectivity index (χ4n) is 3.09. The third-order valence-electron chi connectivity index (χ3n) is 4.58. The van der Waals surface area contributed by atoms with Crippen molar-refractivity contribution in [3.05, 3.63) is 23.4 Å². The van der Waals surface area contributed by atoms with E-state index in [0.717, 1.165) is 21.9 Å². The Hall–Kier alpha value is -3.29. The number of rotatable bonds is 2. The van der Waals surface area contributed by atoms with Crippen LogP contribution in [-0.4, -0.2) is 81.1 Å². The number of nitrogens with one attached hydrogen (secondary N) is 1. The first-order valence-electron chi connectivity index (χ1n) is 9.88. The number of aliphatic hydroxyl groups is 1. The van der Waals surface area contributed by atoms with E-state index >= 15 is 0 Å². The predicted molar refractivity (Wildman–Crippen MR) is 108 cm³/mol. The number of aliphatic hydroxyl groups excluding tert-OH is 1. The van der Waals surface area contributed by atoms with Crippen LogP contribution >= 0.6 is 0 Å². The number of hydrogen-bond donors (Lipinski definition) is 3. The van der Waals surface area contributed by atoms with E-state index in [4.69, 9.17) is 9.84 Å². The van der Waals surface area contributed by atoms with E-state index in [-0.39, 0.29) is 25.2 Å². The summed E-state index contributed by atoms with van der Waals surface area (Å²) in [7, 11) is 0. The molecule has 11 nitrogen and oxygen atoms in total. The molecule has 1 saturated heterocycles. The van der Waals surface area contributed by atoms with Crippen molar-refractivity contribution in [2.24, 2.45) is 0 Å². The van der Waals surface area contributed by atoms with Crippen molar-refractivity contribution < 1.29 is 42.5 Å². The molecule has 3 N–H and O–H groups in total. The quantitative estimate of drug-likeness (QED) is 0.557. The van der Waals surface area contributed by atoms with Gasteiger partial charge in [-0.2, -0.15) is 18.2 Å². The van der Waals surface area contributed by atoms with Crippen molar-refractivity contribution in [3.63, 3.8) is 0 Å². The molecule has 0 aromatic carbocycles. The van der Waals surface area contributed by atoms with Crippen LogP contribution in [0.25, 0.3) is 0 Å². The summed E-state index contributed by atoms with van der Waals surface area (Å²) in [6, 6.07) is 0.183. The number of hydrazine groups is 1. The molecule has 2 rings (SSSR count). The molecule has 1 atom stereocenters. The second-order valence-electron chi connectivity index (χ2n) is 8.32. The molecule has 1 aromatic rings. The van der Waals surface area contributed by atoms with E-state index in [1.807, 2.05) is 0 Å². The maximum atomic E-state index is 13.4. The smallest absolute Gasteiger partial charge is 0.433 e. The highest BCUT2D eigenvalue weighted by atomic mass is 19.4. The lowest BCUT2D eigenvalue weighted by Gasteiger charge is -2.41. The monoisotopic (exact) mass is 477 g/mol. The average molecular weight is 477 g/mol. The minimum absolute atomic E-state index is 0.104. The van der Waals surface area contributed by atoms with Crippen molar-refractivity contribution in [2.75, 3.05) is 31.3 Å². The van der Waals surface area contributed by atoms with Gasteiger partial charge in [0.05, 0.1) is 12.6 Å². The number of halogens is 3. The fraction of sp³-hybridized carbons (Fsp3) is 0.579. The van der Waals surface area contributed by atoms with Gasteiger partial charge in [0, 0.05) is 19.6 Å². The van der Waals surface area contributed by atoms with Crippen molar-refractivity contribution in [2.45, 2.75) is 45.5 Å². The van der Waals surface area contributed by atoms with Gasteiger partial charge in [-0.05, 0) is 39.3 Å². The lowest BCUT2D eigenvalue weighted by molar-refractivity contribution is -0.141. The summed E-state index contributed by atoms with van der Waals surface area (Å²) in [5, 5.41) is 19.3. The second-order valence-corrected chi connectivity index (χ2v) is 8.32. The largest absolute Gasteiger partial charge is 0.465 e. The third kappa shape index (κ3) is 6.60. The molecule has 184 valence electrons. The lowest BCUT2D eigenvalue weighted by Crippen LogP contribution is -2.63. The van der Waals surface area contributed by atoms with Crippen LogP contribution in [0.1, 0.15) is 32.0 Å². The Kier molecular flexibility index (Phi) is 7.62. The van der Waals surface area contributed by atoms with Gasteiger partial charge < -0.3 is 24.7 Å². The van der Waals surface area contributed by atoms with Gasteiger partial charge in [-0.15, -0.1) is 0 Å². The molecule has 1 fully saturated rings. The number of carbonyl (C=O) groups excluding carboxylic acids is 2. The van der Waals surface area contributed by atoms with Gasteiger partial charge in [-0.25, -0.2) is 24.8 Å². The zero-order valence-corrected chi connectivity index (χ0v) is 18.5. The number of carbonyl (C=O) groups is 3. The van der Waals surface area contributed by atoms with E-state index < -0.39 is 54.2 Å². The molecular weight excluding hydrogens is 451 g/mol. The Morgan fingerprint density at radius 2 is 1.88 bits per heavy atom. The summed E-state index contributed by atoms with van der Waals surface area (Å²) < 4.78 is 45.3. The number of alkyl halides is 3. The van der Waals surface area contributed by atoms with E-state index in [0.29, 0.717) is 5.01 Å². The van der Waals surface area contributed by atoms with Crippen LogP contribution in [0.3, 0.4) is 0 Å². The second kappa shape index (κ2) is 9.68. The fourth-order valence-corrected chi connectivity index (χ4v) is 3.09. The summed E-state index contributed by atoms with van der Waals surface area (Å²) in [4.78, 5) is 42.4. The van der Waals surface area contributed by atoms with Crippen molar-refractivity contribution in [1.29, 1.82) is 0 Å².